The van der Waals surface area contributed by atoms with Crippen molar-refractivity contribution >= 4 is 5.91 Å². The fourth-order valence-electron chi connectivity index (χ4n) is 1.36. The van der Waals surface area contributed by atoms with Gasteiger partial charge in [-0.1, -0.05) is 12.2 Å². The highest BCUT2D eigenvalue weighted by Crippen LogP contribution is 2.17. The van der Waals surface area contributed by atoms with Gasteiger partial charge in [-0.2, -0.15) is 0 Å². The second kappa shape index (κ2) is 4.99. The number of amides is 1. The summed E-state index contributed by atoms with van der Waals surface area (Å²) in [6.07, 6.45) is 5.75. The summed E-state index contributed by atoms with van der Waals surface area (Å²) in [6.45, 7) is 0.810. The maximum atomic E-state index is 11.5. The average molecular weight is 183 g/mol. The average Bonchev–Trinajstić information content (AvgIpc) is 2.66. The molecule has 0 aromatic carbocycles. The molecule has 1 aliphatic carbocycles. The standard InChI is InChI=1S/C9H17N3O/c10-5-8(6-11)12-9(13)7-3-1-2-4-7/h1-2,7-8H,3-6,10-11H2,(H,12,13). The molecular weight excluding hydrogens is 166 g/mol. The molecule has 0 aromatic heterocycles. The predicted molar refractivity (Wildman–Crippen MR) is 51.9 cm³/mol. The number of nitrogens with one attached hydrogen (secondary N) is 1. The molecule has 13 heavy (non-hydrogen) atoms. The maximum absolute atomic E-state index is 11.5. The van der Waals surface area contributed by atoms with Gasteiger partial charge in [-0.25, -0.2) is 0 Å². The molecule has 0 atom stereocenters. The second-order valence-corrected chi connectivity index (χ2v) is 3.32. The molecule has 0 bridgehead atoms. The van der Waals surface area contributed by atoms with E-state index in [9.17, 15) is 4.79 Å². The Morgan fingerprint density at radius 2 is 1.92 bits per heavy atom. The van der Waals surface area contributed by atoms with Gasteiger partial charge in [0.2, 0.25) is 5.91 Å². The van der Waals surface area contributed by atoms with Crippen LogP contribution in [0.1, 0.15) is 12.8 Å². The minimum atomic E-state index is -0.0758. The smallest absolute Gasteiger partial charge is 0.224 e. The molecule has 0 spiro atoms. The Balaban J connectivity index is 2.31. The largest absolute Gasteiger partial charge is 0.351 e. The minimum absolute atomic E-state index is 0.0749. The van der Waals surface area contributed by atoms with Crippen molar-refractivity contribution in [3.63, 3.8) is 0 Å². The summed E-state index contributed by atoms with van der Waals surface area (Å²) >= 11 is 0. The van der Waals surface area contributed by atoms with Crippen molar-refractivity contribution < 1.29 is 4.79 Å². The lowest BCUT2D eigenvalue weighted by Crippen LogP contribution is -2.46. The van der Waals surface area contributed by atoms with Gasteiger partial charge in [0.15, 0.2) is 0 Å². The monoisotopic (exact) mass is 183 g/mol. The molecule has 74 valence electrons. The van der Waals surface area contributed by atoms with Crippen LogP contribution in [0.5, 0.6) is 0 Å². The number of allylic oxidation sites excluding steroid dienone is 2. The first kappa shape index (κ1) is 10.2. The van der Waals surface area contributed by atoms with E-state index in [1.165, 1.54) is 0 Å². The molecule has 0 radical (unpaired) electrons. The van der Waals surface area contributed by atoms with Crippen molar-refractivity contribution in [2.45, 2.75) is 18.9 Å². The Morgan fingerprint density at radius 3 is 2.38 bits per heavy atom. The van der Waals surface area contributed by atoms with Gasteiger partial charge in [-0.15, -0.1) is 0 Å². The lowest BCUT2D eigenvalue weighted by molar-refractivity contribution is -0.125. The zero-order valence-corrected chi connectivity index (χ0v) is 7.70. The van der Waals surface area contributed by atoms with Crippen LogP contribution in [-0.4, -0.2) is 25.0 Å². The van der Waals surface area contributed by atoms with Crippen LogP contribution in [0.25, 0.3) is 0 Å². The molecule has 1 rings (SSSR count). The van der Waals surface area contributed by atoms with Gasteiger partial charge >= 0.3 is 0 Å². The fourth-order valence-corrected chi connectivity index (χ4v) is 1.36. The fraction of sp³-hybridized carbons (Fsp3) is 0.667. The Morgan fingerprint density at radius 1 is 1.38 bits per heavy atom. The molecule has 0 unspecified atom stereocenters. The number of carbonyl (C=O) groups is 1. The molecule has 0 saturated carbocycles. The summed E-state index contributed by atoms with van der Waals surface area (Å²) in [5.74, 6) is 0.173. The van der Waals surface area contributed by atoms with Crippen LogP contribution < -0.4 is 16.8 Å². The first-order valence-electron chi connectivity index (χ1n) is 4.63. The van der Waals surface area contributed by atoms with Crippen molar-refractivity contribution in [2.24, 2.45) is 17.4 Å². The predicted octanol–water partition coefficient (Wildman–Crippen LogP) is -0.645. The van der Waals surface area contributed by atoms with Crippen LogP contribution in [0.4, 0.5) is 0 Å². The van der Waals surface area contributed by atoms with Gasteiger partial charge in [0.1, 0.15) is 0 Å². The third-order valence-corrected chi connectivity index (χ3v) is 2.29. The summed E-state index contributed by atoms with van der Waals surface area (Å²) in [4.78, 5) is 11.5. The van der Waals surface area contributed by atoms with Crippen molar-refractivity contribution in [1.82, 2.24) is 5.32 Å². The van der Waals surface area contributed by atoms with E-state index in [-0.39, 0.29) is 17.9 Å². The molecule has 1 amide bonds. The van der Waals surface area contributed by atoms with Crippen LogP contribution in [0.3, 0.4) is 0 Å². The Kier molecular flexibility index (Phi) is 3.92. The van der Waals surface area contributed by atoms with Crippen LogP contribution in [0, 0.1) is 5.92 Å². The molecule has 5 N–H and O–H groups in total. The summed E-state index contributed by atoms with van der Waals surface area (Å²) in [7, 11) is 0. The zero-order chi connectivity index (χ0) is 9.68. The van der Waals surface area contributed by atoms with Crippen LogP contribution >= 0.6 is 0 Å². The van der Waals surface area contributed by atoms with Gasteiger partial charge < -0.3 is 16.8 Å². The van der Waals surface area contributed by atoms with E-state index >= 15 is 0 Å². The quantitative estimate of drug-likeness (QED) is 0.507. The molecule has 0 saturated heterocycles. The van der Waals surface area contributed by atoms with E-state index in [1.54, 1.807) is 0 Å². The Hall–Kier alpha value is -0.870. The van der Waals surface area contributed by atoms with Gasteiger partial charge in [0, 0.05) is 19.0 Å². The zero-order valence-electron chi connectivity index (χ0n) is 7.70. The Labute approximate surface area is 78.4 Å². The summed E-state index contributed by atoms with van der Waals surface area (Å²) in [5.41, 5.74) is 10.8. The molecule has 0 aliphatic heterocycles. The van der Waals surface area contributed by atoms with E-state index in [0.29, 0.717) is 13.1 Å². The lowest BCUT2D eigenvalue weighted by atomic mass is 10.1. The molecule has 4 nitrogen and oxygen atoms in total. The maximum Gasteiger partial charge on any atom is 0.224 e. The molecular formula is C9H17N3O. The van der Waals surface area contributed by atoms with Gasteiger partial charge in [0.25, 0.3) is 0 Å². The summed E-state index contributed by atoms with van der Waals surface area (Å²) in [6, 6.07) is -0.0758. The van der Waals surface area contributed by atoms with Crippen molar-refractivity contribution in [3.05, 3.63) is 12.2 Å². The highest BCUT2D eigenvalue weighted by atomic mass is 16.1. The number of hydrogen-bond donors (Lipinski definition) is 3. The molecule has 1 aliphatic rings. The second-order valence-electron chi connectivity index (χ2n) is 3.32. The molecule has 0 heterocycles. The topological polar surface area (TPSA) is 81.1 Å². The third kappa shape index (κ3) is 2.82. The van der Waals surface area contributed by atoms with E-state index < -0.39 is 0 Å². The minimum Gasteiger partial charge on any atom is -0.351 e. The van der Waals surface area contributed by atoms with Crippen LogP contribution in [0.15, 0.2) is 12.2 Å². The van der Waals surface area contributed by atoms with Gasteiger partial charge in [-0.05, 0) is 12.8 Å². The van der Waals surface area contributed by atoms with E-state index in [1.807, 2.05) is 12.2 Å². The van der Waals surface area contributed by atoms with Crippen LogP contribution in [-0.2, 0) is 4.79 Å². The number of nitrogens with two attached hydrogens (primary N) is 2. The molecule has 0 fully saturated rings. The first-order valence-corrected chi connectivity index (χ1v) is 4.63. The Bertz CT molecular complexity index is 191. The number of carbonyl (C=O) groups excluding carboxylic acids is 1. The van der Waals surface area contributed by atoms with E-state index in [4.69, 9.17) is 11.5 Å². The first-order chi connectivity index (χ1) is 6.27. The lowest BCUT2D eigenvalue weighted by Gasteiger charge is -2.17. The normalized spacial score (nSPS) is 16.8. The number of hydrogen-bond acceptors (Lipinski definition) is 3. The van der Waals surface area contributed by atoms with Crippen LogP contribution in [0.2, 0.25) is 0 Å². The highest BCUT2D eigenvalue weighted by molar-refractivity contribution is 5.79. The SMILES string of the molecule is NCC(CN)NC(=O)C1CC=CC1. The molecule has 4 heteroatoms. The summed E-state index contributed by atoms with van der Waals surface area (Å²) in [5, 5.41) is 2.83. The van der Waals surface area contributed by atoms with E-state index in [0.717, 1.165) is 12.8 Å². The third-order valence-electron chi connectivity index (χ3n) is 2.29. The van der Waals surface area contributed by atoms with Crippen molar-refractivity contribution in [2.75, 3.05) is 13.1 Å². The van der Waals surface area contributed by atoms with Crippen molar-refractivity contribution in [1.29, 1.82) is 0 Å². The van der Waals surface area contributed by atoms with Crippen molar-refractivity contribution in [3.8, 4) is 0 Å². The van der Waals surface area contributed by atoms with Gasteiger partial charge in [0.05, 0.1) is 6.04 Å². The molecule has 0 aromatic rings. The highest BCUT2D eigenvalue weighted by Gasteiger charge is 2.20. The number of rotatable bonds is 4. The van der Waals surface area contributed by atoms with Gasteiger partial charge in [-0.3, -0.25) is 4.79 Å². The van der Waals surface area contributed by atoms with E-state index in [2.05, 4.69) is 5.32 Å². The summed E-state index contributed by atoms with van der Waals surface area (Å²) < 4.78 is 0.